The monoisotopic (exact) mass is 632 g/mol. The Balaban J connectivity index is 1.31. The first-order valence-electron chi connectivity index (χ1n) is 16.1. The zero-order valence-corrected chi connectivity index (χ0v) is 27.5. The lowest BCUT2D eigenvalue weighted by molar-refractivity contribution is -0.108. The molecule has 2 aromatic rings. The number of aliphatic imine (C=N–C) groups is 1. The van der Waals surface area contributed by atoms with Gasteiger partial charge in [0.2, 0.25) is 0 Å². The highest BCUT2D eigenvalue weighted by atomic mass is 16.5. The van der Waals surface area contributed by atoms with Crippen molar-refractivity contribution in [2.75, 3.05) is 69.7 Å². The maximum absolute atomic E-state index is 11.4. The third-order valence-electron chi connectivity index (χ3n) is 9.03. The molecule has 0 amide bonds. The number of hydroxylamine groups is 2. The average Bonchev–Trinajstić information content (AvgIpc) is 3.08. The predicted octanol–water partition coefficient (Wildman–Crippen LogP) is 2.98. The largest absolute Gasteiger partial charge is 0.381 e. The van der Waals surface area contributed by atoms with E-state index < -0.39 is 6.04 Å². The van der Waals surface area contributed by atoms with Crippen LogP contribution in [0.15, 0.2) is 41.0 Å². The van der Waals surface area contributed by atoms with Crippen molar-refractivity contribution in [3.63, 3.8) is 0 Å². The molecule has 1 atom stereocenters. The second-order valence-corrected chi connectivity index (χ2v) is 12.1. The number of piperidine rings is 1. The summed E-state index contributed by atoms with van der Waals surface area (Å²) in [5, 5.41) is 17.7. The zero-order chi connectivity index (χ0) is 33.1. The lowest BCUT2D eigenvalue weighted by Crippen LogP contribution is -2.49. The van der Waals surface area contributed by atoms with E-state index in [1.165, 1.54) is 0 Å². The number of benzene rings is 1. The minimum atomic E-state index is -0.747. The maximum atomic E-state index is 11.4. The van der Waals surface area contributed by atoms with Crippen LogP contribution in [-0.4, -0.2) is 110 Å². The molecule has 4 rings (SSSR count). The Morgan fingerprint density at radius 2 is 1.85 bits per heavy atom. The van der Waals surface area contributed by atoms with Crippen molar-refractivity contribution in [1.29, 1.82) is 0 Å². The normalized spacial score (nSPS) is 16.9. The Morgan fingerprint density at radius 3 is 2.48 bits per heavy atom. The maximum Gasteiger partial charge on any atom is 0.151 e. The van der Waals surface area contributed by atoms with Crippen molar-refractivity contribution < 1.29 is 19.6 Å². The number of pyridine rings is 1. The Hall–Kier alpha value is -4.09. The number of anilines is 2. The van der Waals surface area contributed by atoms with Gasteiger partial charge in [-0.2, -0.15) is 0 Å². The number of aldehydes is 2. The van der Waals surface area contributed by atoms with Crippen LogP contribution in [0.1, 0.15) is 54.2 Å². The lowest BCUT2D eigenvalue weighted by Gasteiger charge is -2.40. The molecule has 0 bridgehead atoms. The van der Waals surface area contributed by atoms with Gasteiger partial charge in [0.05, 0.1) is 11.4 Å². The van der Waals surface area contributed by atoms with E-state index in [0.29, 0.717) is 23.9 Å². The number of carbonyl (C=O) groups excluding carboxylic acids is 3. The fourth-order valence-electron chi connectivity index (χ4n) is 6.26. The summed E-state index contributed by atoms with van der Waals surface area (Å²) in [6.07, 6.45) is 4.32. The number of piperazine rings is 1. The Labute approximate surface area is 272 Å². The van der Waals surface area contributed by atoms with E-state index in [1.54, 1.807) is 14.0 Å². The molecule has 1 unspecified atom stereocenters. The summed E-state index contributed by atoms with van der Waals surface area (Å²) < 4.78 is 0. The third kappa shape index (κ3) is 8.79. The fraction of sp³-hybridized carbons (Fsp3) is 0.529. The zero-order valence-electron chi connectivity index (χ0n) is 27.5. The molecule has 0 radical (unpaired) electrons. The number of nitrogens with one attached hydrogen (secondary N) is 2. The van der Waals surface area contributed by atoms with E-state index in [-0.39, 0.29) is 18.5 Å². The lowest BCUT2D eigenvalue weighted by atomic mass is 9.95. The van der Waals surface area contributed by atoms with Gasteiger partial charge >= 0.3 is 0 Å². The van der Waals surface area contributed by atoms with Crippen LogP contribution in [-0.2, 0) is 16.1 Å². The van der Waals surface area contributed by atoms with Crippen molar-refractivity contribution in [3.8, 4) is 0 Å². The van der Waals surface area contributed by atoms with E-state index in [1.807, 2.05) is 44.2 Å². The molecule has 2 fully saturated rings. The minimum Gasteiger partial charge on any atom is -0.381 e. The summed E-state index contributed by atoms with van der Waals surface area (Å²) in [6, 6.07) is 9.29. The van der Waals surface area contributed by atoms with Crippen LogP contribution < -0.4 is 20.4 Å². The molecule has 0 spiro atoms. The molecule has 1 aromatic heterocycles. The molecule has 2 saturated heterocycles. The number of nitrogens with zero attached hydrogens (tertiary/aromatic N) is 6. The number of aryl methyl sites for hydroxylation is 1. The van der Waals surface area contributed by atoms with Crippen LogP contribution >= 0.6 is 0 Å². The van der Waals surface area contributed by atoms with Crippen molar-refractivity contribution in [2.24, 2.45) is 10.9 Å². The summed E-state index contributed by atoms with van der Waals surface area (Å²) in [5.41, 5.74) is 4.39. The molecule has 3 heterocycles. The average molecular weight is 633 g/mol. The SMILES string of the molecule is CNCc1nc(N2CCC(CN3CCN(c4ccc(C)c(/N=C(/C)N(O)C(CCC=O)C(=C=O)NC)c4)CC3)CC2)ccc1C=O. The molecule has 2 aliphatic rings. The van der Waals surface area contributed by atoms with Crippen LogP contribution in [0.3, 0.4) is 0 Å². The fourth-order valence-corrected chi connectivity index (χ4v) is 6.26. The highest BCUT2D eigenvalue weighted by Gasteiger charge is 2.26. The first kappa shape index (κ1) is 34.8. The second-order valence-electron chi connectivity index (χ2n) is 12.1. The summed E-state index contributed by atoms with van der Waals surface area (Å²) >= 11 is 0. The van der Waals surface area contributed by atoms with Crippen molar-refractivity contribution in [2.45, 2.75) is 52.1 Å². The number of likely N-dealkylation sites (N-methyl/N-ethyl adjacent to an activating group) is 1. The number of rotatable bonds is 14. The molecule has 248 valence electrons. The molecule has 3 N–H and O–H groups in total. The van der Waals surface area contributed by atoms with Gasteiger partial charge in [0, 0.05) is 77.1 Å². The van der Waals surface area contributed by atoms with Crippen molar-refractivity contribution >= 4 is 41.5 Å². The van der Waals surface area contributed by atoms with E-state index >= 15 is 0 Å². The van der Waals surface area contributed by atoms with Crippen LogP contribution in [0.5, 0.6) is 0 Å². The van der Waals surface area contributed by atoms with E-state index in [0.717, 1.165) is 105 Å². The number of aromatic nitrogens is 1. The summed E-state index contributed by atoms with van der Waals surface area (Å²) in [5.74, 6) is 3.74. The van der Waals surface area contributed by atoms with Gasteiger partial charge in [0.25, 0.3) is 0 Å². The van der Waals surface area contributed by atoms with Crippen LogP contribution in [0, 0.1) is 12.8 Å². The Kier molecular flexibility index (Phi) is 12.9. The Morgan fingerprint density at radius 1 is 1.11 bits per heavy atom. The molecular weight excluding hydrogens is 584 g/mol. The van der Waals surface area contributed by atoms with E-state index in [2.05, 4.69) is 31.4 Å². The van der Waals surface area contributed by atoms with Crippen molar-refractivity contribution in [3.05, 3.63) is 52.8 Å². The molecule has 1 aromatic carbocycles. The summed E-state index contributed by atoms with van der Waals surface area (Å²) in [4.78, 5) is 50.5. The second kappa shape index (κ2) is 17.0. The molecule has 0 aliphatic carbocycles. The molecule has 2 aliphatic heterocycles. The van der Waals surface area contributed by atoms with Gasteiger partial charge in [-0.25, -0.2) is 19.8 Å². The topological polar surface area (TPSA) is 134 Å². The van der Waals surface area contributed by atoms with Crippen LogP contribution in [0.4, 0.5) is 17.2 Å². The molecular formula is C34H48N8O4. The molecule has 12 heteroatoms. The number of carbonyl (C=O) groups is 2. The molecule has 0 saturated carbocycles. The predicted molar refractivity (Wildman–Crippen MR) is 181 cm³/mol. The standard InChI is InChI=1S/C34H48N8O4/c1-25-7-9-29(20-30(25)37-26(2)42(46)33(6-5-19-43)32(24-45)36-4)40-17-15-39(16-18-40)22-27-11-13-41(14-12-27)34-10-8-28(23-44)31(38-34)21-35-3/h7-10,19-20,23,27,33,35-36,46H,5-6,11-18,21-22H2,1-4H3/b37-26-. The highest BCUT2D eigenvalue weighted by Crippen LogP contribution is 2.29. The van der Waals surface area contributed by atoms with E-state index in [4.69, 9.17) is 9.98 Å². The summed E-state index contributed by atoms with van der Waals surface area (Å²) in [6.45, 7) is 11.1. The number of amidine groups is 1. The van der Waals surface area contributed by atoms with Crippen LogP contribution in [0.2, 0.25) is 0 Å². The van der Waals surface area contributed by atoms with E-state index in [9.17, 15) is 19.6 Å². The van der Waals surface area contributed by atoms with Crippen molar-refractivity contribution in [1.82, 2.24) is 25.6 Å². The smallest absolute Gasteiger partial charge is 0.151 e. The minimum absolute atomic E-state index is 0.161. The van der Waals surface area contributed by atoms with Crippen LogP contribution in [0.25, 0.3) is 0 Å². The van der Waals surface area contributed by atoms with Gasteiger partial charge in [-0.1, -0.05) is 6.07 Å². The van der Waals surface area contributed by atoms with Gasteiger partial charge < -0.3 is 25.2 Å². The van der Waals surface area contributed by atoms with Gasteiger partial charge in [-0.15, -0.1) is 0 Å². The highest BCUT2D eigenvalue weighted by molar-refractivity contribution is 5.83. The number of hydrogen-bond acceptors (Lipinski definition) is 11. The first-order chi connectivity index (χ1) is 22.3. The number of hydrogen-bond donors (Lipinski definition) is 3. The first-order valence-corrected chi connectivity index (χ1v) is 16.1. The van der Waals surface area contributed by atoms with Gasteiger partial charge in [-0.05, 0) is 75.9 Å². The molecule has 12 nitrogen and oxygen atoms in total. The third-order valence-corrected chi connectivity index (χ3v) is 9.03. The Bertz CT molecular complexity index is 1410. The van der Waals surface area contributed by atoms with Gasteiger partial charge in [-0.3, -0.25) is 14.9 Å². The summed E-state index contributed by atoms with van der Waals surface area (Å²) in [7, 11) is 3.45. The van der Waals surface area contributed by atoms with Gasteiger partial charge in [0.15, 0.2) is 6.29 Å². The molecule has 46 heavy (non-hydrogen) atoms. The van der Waals surface area contributed by atoms with Gasteiger partial charge in [0.1, 0.15) is 35.6 Å². The quantitative estimate of drug-likeness (QED) is 0.0933.